The fourth-order valence-corrected chi connectivity index (χ4v) is 2.19. The van der Waals surface area contributed by atoms with Gasteiger partial charge >= 0.3 is 0 Å². The highest BCUT2D eigenvalue weighted by atomic mass is 15.0. The van der Waals surface area contributed by atoms with Crippen LogP contribution in [0.1, 0.15) is 5.56 Å². The first-order valence-corrected chi connectivity index (χ1v) is 6.21. The number of pyridine rings is 1. The van der Waals surface area contributed by atoms with Crippen molar-refractivity contribution in [2.45, 2.75) is 6.92 Å². The second kappa shape index (κ2) is 4.61. The van der Waals surface area contributed by atoms with Crippen LogP contribution in [0.25, 0.3) is 10.8 Å². The van der Waals surface area contributed by atoms with Crippen LogP contribution in [0.4, 0.5) is 17.2 Å². The van der Waals surface area contributed by atoms with E-state index >= 15 is 0 Å². The molecule has 94 valence electrons. The third-order valence-electron chi connectivity index (χ3n) is 3.14. The summed E-state index contributed by atoms with van der Waals surface area (Å²) in [6.07, 6.45) is 1.67. The summed E-state index contributed by atoms with van der Waals surface area (Å²) in [5, 5.41) is 5.77. The Morgan fingerprint density at radius 3 is 2.68 bits per heavy atom. The molecule has 19 heavy (non-hydrogen) atoms. The van der Waals surface area contributed by atoms with E-state index in [-0.39, 0.29) is 0 Å². The number of nitrogen functional groups attached to an aromatic ring is 1. The Hall–Kier alpha value is -2.55. The molecular weight excluding hydrogens is 234 g/mol. The van der Waals surface area contributed by atoms with Crippen molar-refractivity contribution in [2.24, 2.45) is 0 Å². The van der Waals surface area contributed by atoms with Crippen molar-refractivity contribution in [3.63, 3.8) is 0 Å². The van der Waals surface area contributed by atoms with Crippen molar-refractivity contribution < 1.29 is 0 Å². The summed E-state index contributed by atoms with van der Waals surface area (Å²) in [4.78, 5) is 4.34. The molecule has 0 bridgehead atoms. The van der Waals surface area contributed by atoms with Crippen molar-refractivity contribution in [2.75, 3.05) is 11.1 Å². The molecule has 0 amide bonds. The van der Waals surface area contributed by atoms with E-state index in [1.807, 2.05) is 31.2 Å². The minimum Gasteiger partial charge on any atom is -0.397 e. The monoisotopic (exact) mass is 249 g/mol. The third kappa shape index (κ3) is 2.22. The molecule has 1 heterocycles. The van der Waals surface area contributed by atoms with Crippen LogP contribution in [0.15, 0.2) is 54.7 Å². The maximum Gasteiger partial charge on any atom is 0.133 e. The number of nitrogens with zero attached hydrogens (tertiary/aromatic N) is 1. The number of nitrogens with one attached hydrogen (secondary N) is 1. The van der Waals surface area contributed by atoms with E-state index in [1.165, 1.54) is 10.8 Å². The number of hydrogen-bond donors (Lipinski definition) is 2. The van der Waals surface area contributed by atoms with Gasteiger partial charge in [0.25, 0.3) is 0 Å². The second-order valence-corrected chi connectivity index (χ2v) is 4.59. The Bertz CT molecular complexity index is 730. The molecule has 3 nitrogen and oxygen atoms in total. The summed E-state index contributed by atoms with van der Waals surface area (Å²) in [6.45, 7) is 2.00. The number of hydrogen-bond acceptors (Lipinski definition) is 3. The molecule has 3 N–H and O–H groups in total. The van der Waals surface area contributed by atoms with Crippen LogP contribution in [-0.2, 0) is 0 Å². The van der Waals surface area contributed by atoms with Gasteiger partial charge in [-0.25, -0.2) is 4.98 Å². The van der Waals surface area contributed by atoms with Crippen LogP contribution < -0.4 is 11.1 Å². The normalized spacial score (nSPS) is 10.6. The van der Waals surface area contributed by atoms with Crippen molar-refractivity contribution in [1.82, 2.24) is 4.98 Å². The smallest absolute Gasteiger partial charge is 0.133 e. The second-order valence-electron chi connectivity index (χ2n) is 4.59. The zero-order valence-corrected chi connectivity index (χ0v) is 10.7. The average molecular weight is 249 g/mol. The predicted octanol–water partition coefficient (Wildman–Crippen LogP) is 3.87. The van der Waals surface area contributed by atoms with E-state index in [0.717, 1.165) is 17.1 Å². The van der Waals surface area contributed by atoms with Gasteiger partial charge in [-0.15, -0.1) is 0 Å². The largest absolute Gasteiger partial charge is 0.397 e. The maximum atomic E-state index is 5.72. The first kappa shape index (κ1) is 11.5. The minimum absolute atomic E-state index is 0.681. The van der Waals surface area contributed by atoms with E-state index < -0.39 is 0 Å². The lowest BCUT2D eigenvalue weighted by molar-refractivity contribution is 1.26. The van der Waals surface area contributed by atoms with Gasteiger partial charge in [0.2, 0.25) is 0 Å². The van der Waals surface area contributed by atoms with Gasteiger partial charge in [0.1, 0.15) is 5.82 Å². The van der Waals surface area contributed by atoms with Crippen LogP contribution in [0, 0.1) is 6.92 Å². The zero-order valence-electron chi connectivity index (χ0n) is 10.7. The third-order valence-corrected chi connectivity index (χ3v) is 3.14. The molecular formula is C16H15N3. The molecule has 1 aromatic heterocycles. The molecule has 0 aliphatic heterocycles. The highest BCUT2D eigenvalue weighted by Gasteiger charge is 2.04. The van der Waals surface area contributed by atoms with Crippen molar-refractivity contribution in [3.8, 4) is 0 Å². The maximum absolute atomic E-state index is 5.72. The number of aromatic nitrogens is 1. The van der Waals surface area contributed by atoms with Crippen LogP contribution in [-0.4, -0.2) is 4.98 Å². The summed E-state index contributed by atoms with van der Waals surface area (Å²) in [5.74, 6) is 0.838. The molecule has 0 fully saturated rings. The SMILES string of the molecule is Cc1cc(N)cnc1Nc1cccc2ccccc12. The Kier molecular flexibility index (Phi) is 2.80. The quantitative estimate of drug-likeness (QED) is 0.725. The molecule has 0 atom stereocenters. The lowest BCUT2D eigenvalue weighted by atomic mass is 10.1. The summed E-state index contributed by atoms with van der Waals surface area (Å²) in [5.41, 5.74) is 8.49. The fourth-order valence-electron chi connectivity index (χ4n) is 2.19. The number of rotatable bonds is 2. The minimum atomic E-state index is 0.681. The van der Waals surface area contributed by atoms with E-state index in [4.69, 9.17) is 5.73 Å². The highest BCUT2D eigenvalue weighted by molar-refractivity contribution is 5.95. The lowest BCUT2D eigenvalue weighted by Gasteiger charge is -2.11. The Morgan fingerprint density at radius 1 is 1.05 bits per heavy atom. The fraction of sp³-hybridized carbons (Fsp3) is 0.0625. The summed E-state index contributed by atoms with van der Waals surface area (Å²) in [7, 11) is 0. The molecule has 0 aliphatic carbocycles. The number of fused-ring (bicyclic) bond motifs is 1. The molecule has 0 saturated heterocycles. The Morgan fingerprint density at radius 2 is 1.84 bits per heavy atom. The van der Waals surface area contributed by atoms with Crippen LogP contribution in [0.3, 0.4) is 0 Å². The van der Waals surface area contributed by atoms with Crippen molar-refractivity contribution in [1.29, 1.82) is 0 Å². The summed E-state index contributed by atoms with van der Waals surface area (Å²) >= 11 is 0. The number of nitrogens with two attached hydrogens (primary N) is 1. The molecule has 0 aliphatic rings. The van der Waals surface area contributed by atoms with Crippen molar-refractivity contribution in [3.05, 3.63) is 60.3 Å². The molecule has 3 rings (SSSR count). The molecule has 0 radical (unpaired) electrons. The topological polar surface area (TPSA) is 50.9 Å². The van der Waals surface area contributed by atoms with E-state index in [1.54, 1.807) is 6.20 Å². The first-order chi connectivity index (χ1) is 9.24. The molecule has 3 heteroatoms. The zero-order chi connectivity index (χ0) is 13.2. The number of aryl methyl sites for hydroxylation is 1. The number of benzene rings is 2. The van der Waals surface area contributed by atoms with Gasteiger partial charge in [0, 0.05) is 11.1 Å². The van der Waals surface area contributed by atoms with Gasteiger partial charge in [-0.3, -0.25) is 0 Å². The highest BCUT2D eigenvalue weighted by Crippen LogP contribution is 2.27. The van der Waals surface area contributed by atoms with Gasteiger partial charge in [-0.05, 0) is 30.0 Å². The van der Waals surface area contributed by atoms with Gasteiger partial charge in [0.15, 0.2) is 0 Å². The first-order valence-electron chi connectivity index (χ1n) is 6.21. The summed E-state index contributed by atoms with van der Waals surface area (Å²) in [6, 6.07) is 16.4. The Balaban J connectivity index is 2.06. The molecule has 0 spiro atoms. The molecule has 2 aromatic carbocycles. The standard InChI is InChI=1S/C16H15N3/c1-11-9-13(17)10-18-16(11)19-15-8-4-6-12-5-2-3-7-14(12)15/h2-10H,17H2,1H3,(H,18,19). The average Bonchev–Trinajstić information content (AvgIpc) is 2.42. The van der Waals surface area contributed by atoms with Gasteiger partial charge in [0.05, 0.1) is 11.9 Å². The van der Waals surface area contributed by atoms with Gasteiger partial charge in [-0.2, -0.15) is 0 Å². The number of anilines is 3. The predicted molar refractivity (Wildman–Crippen MR) is 80.6 cm³/mol. The molecule has 0 saturated carbocycles. The van der Waals surface area contributed by atoms with Crippen molar-refractivity contribution >= 4 is 28.0 Å². The van der Waals surface area contributed by atoms with Crippen LogP contribution in [0.5, 0.6) is 0 Å². The summed E-state index contributed by atoms with van der Waals surface area (Å²) < 4.78 is 0. The van der Waals surface area contributed by atoms with E-state index in [9.17, 15) is 0 Å². The van der Waals surface area contributed by atoms with Gasteiger partial charge < -0.3 is 11.1 Å². The van der Waals surface area contributed by atoms with Crippen LogP contribution in [0.2, 0.25) is 0 Å². The molecule has 0 unspecified atom stereocenters. The van der Waals surface area contributed by atoms with Crippen LogP contribution >= 0.6 is 0 Å². The van der Waals surface area contributed by atoms with E-state index in [0.29, 0.717) is 5.69 Å². The lowest BCUT2D eigenvalue weighted by Crippen LogP contribution is -1.98. The Labute approximate surface area is 112 Å². The molecule has 3 aromatic rings. The van der Waals surface area contributed by atoms with E-state index in [2.05, 4.69) is 34.6 Å². The van der Waals surface area contributed by atoms with Gasteiger partial charge in [-0.1, -0.05) is 36.4 Å².